The van der Waals surface area contributed by atoms with Crippen LogP contribution in [0.15, 0.2) is 15.9 Å². The number of nitrogens with zero attached hydrogens (tertiary/aromatic N) is 1. The third kappa shape index (κ3) is 3.09. The highest BCUT2D eigenvalue weighted by molar-refractivity contribution is 9.11. The molecule has 2 heterocycles. The molecule has 1 aromatic heterocycles. The standard InChI is InChI=1S/C11H14BrNOS2/c1-8-7-15-5-4-13(8)6-9(14)10-2-3-11(12)16-10/h2-3,8H,4-7H2,1H3. The highest BCUT2D eigenvalue weighted by Crippen LogP contribution is 2.23. The SMILES string of the molecule is CC1CSCCN1CC(=O)c1ccc(Br)s1. The third-order valence-corrected chi connectivity index (χ3v) is 5.55. The zero-order valence-corrected chi connectivity index (χ0v) is 12.3. The summed E-state index contributed by atoms with van der Waals surface area (Å²) in [6.07, 6.45) is 0. The van der Waals surface area contributed by atoms with Crippen molar-refractivity contribution in [3.8, 4) is 0 Å². The summed E-state index contributed by atoms with van der Waals surface area (Å²) in [7, 11) is 0. The number of hydrogen-bond donors (Lipinski definition) is 0. The van der Waals surface area contributed by atoms with Crippen LogP contribution in [0.4, 0.5) is 0 Å². The predicted molar refractivity (Wildman–Crippen MR) is 74.7 cm³/mol. The molecule has 88 valence electrons. The minimum Gasteiger partial charge on any atom is -0.292 e. The van der Waals surface area contributed by atoms with E-state index in [1.807, 2.05) is 23.9 Å². The molecular weight excluding hydrogens is 306 g/mol. The number of thiophene rings is 1. The van der Waals surface area contributed by atoms with Gasteiger partial charge in [-0.25, -0.2) is 0 Å². The van der Waals surface area contributed by atoms with E-state index in [9.17, 15) is 4.79 Å². The van der Waals surface area contributed by atoms with E-state index in [1.165, 1.54) is 11.3 Å². The summed E-state index contributed by atoms with van der Waals surface area (Å²) in [4.78, 5) is 15.2. The number of rotatable bonds is 3. The molecule has 0 N–H and O–H groups in total. The van der Waals surface area contributed by atoms with Gasteiger partial charge in [0.15, 0.2) is 5.78 Å². The Balaban J connectivity index is 1.96. The Bertz CT molecular complexity index is 380. The van der Waals surface area contributed by atoms with E-state index >= 15 is 0 Å². The summed E-state index contributed by atoms with van der Waals surface area (Å²) in [6.45, 7) is 3.79. The van der Waals surface area contributed by atoms with Crippen LogP contribution in [0, 0.1) is 0 Å². The van der Waals surface area contributed by atoms with Crippen LogP contribution >= 0.6 is 39.0 Å². The molecule has 2 nitrogen and oxygen atoms in total. The predicted octanol–water partition coefficient (Wildman–Crippen LogP) is 3.13. The van der Waals surface area contributed by atoms with Crippen LogP contribution in [0.5, 0.6) is 0 Å². The first-order valence-corrected chi connectivity index (χ1v) is 8.03. The lowest BCUT2D eigenvalue weighted by Gasteiger charge is -2.32. The number of hydrogen-bond acceptors (Lipinski definition) is 4. The lowest BCUT2D eigenvalue weighted by atomic mass is 10.2. The fraction of sp³-hybridized carbons (Fsp3) is 0.545. The Morgan fingerprint density at radius 3 is 3.06 bits per heavy atom. The lowest BCUT2D eigenvalue weighted by Crippen LogP contribution is -2.43. The number of carbonyl (C=O) groups is 1. The Morgan fingerprint density at radius 1 is 1.62 bits per heavy atom. The highest BCUT2D eigenvalue weighted by atomic mass is 79.9. The van der Waals surface area contributed by atoms with Crippen molar-refractivity contribution in [1.29, 1.82) is 0 Å². The number of carbonyl (C=O) groups excluding carboxylic acids is 1. The van der Waals surface area contributed by atoms with Crippen LogP contribution in [0.25, 0.3) is 0 Å². The maximum Gasteiger partial charge on any atom is 0.186 e. The van der Waals surface area contributed by atoms with Gasteiger partial charge in [0.2, 0.25) is 0 Å². The van der Waals surface area contributed by atoms with Crippen LogP contribution in [-0.2, 0) is 0 Å². The van der Waals surface area contributed by atoms with Crippen molar-refractivity contribution in [2.24, 2.45) is 0 Å². The molecule has 1 fully saturated rings. The molecule has 1 aliphatic rings. The van der Waals surface area contributed by atoms with Crippen LogP contribution in [0.3, 0.4) is 0 Å². The zero-order chi connectivity index (χ0) is 11.5. The van der Waals surface area contributed by atoms with Gasteiger partial charge in [0, 0.05) is 24.1 Å². The smallest absolute Gasteiger partial charge is 0.186 e. The summed E-state index contributed by atoms with van der Waals surface area (Å²) in [5.74, 6) is 2.53. The summed E-state index contributed by atoms with van der Waals surface area (Å²) in [5, 5.41) is 0. The van der Waals surface area contributed by atoms with Crippen LogP contribution in [0.2, 0.25) is 0 Å². The molecule has 0 bridgehead atoms. The zero-order valence-electron chi connectivity index (χ0n) is 9.11. The molecule has 0 spiro atoms. The molecule has 0 saturated carbocycles. The van der Waals surface area contributed by atoms with E-state index in [0.717, 1.165) is 26.7 Å². The van der Waals surface area contributed by atoms with Crippen LogP contribution < -0.4 is 0 Å². The van der Waals surface area contributed by atoms with Gasteiger partial charge in [-0.15, -0.1) is 11.3 Å². The normalized spacial score (nSPS) is 22.2. The average Bonchev–Trinajstić information content (AvgIpc) is 2.68. The van der Waals surface area contributed by atoms with Crippen molar-refractivity contribution in [2.45, 2.75) is 13.0 Å². The molecule has 1 aliphatic heterocycles. The van der Waals surface area contributed by atoms with Crippen molar-refractivity contribution < 1.29 is 4.79 Å². The van der Waals surface area contributed by atoms with Crippen molar-refractivity contribution in [1.82, 2.24) is 4.90 Å². The molecule has 2 rings (SSSR count). The molecule has 0 amide bonds. The first kappa shape index (κ1) is 12.6. The second-order valence-electron chi connectivity index (χ2n) is 3.92. The molecule has 5 heteroatoms. The molecule has 0 radical (unpaired) electrons. The first-order valence-electron chi connectivity index (χ1n) is 5.27. The van der Waals surface area contributed by atoms with Crippen molar-refractivity contribution in [2.75, 3.05) is 24.6 Å². The second kappa shape index (κ2) is 5.67. The largest absolute Gasteiger partial charge is 0.292 e. The second-order valence-corrected chi connectivity index (χ2v) is 7.53. The van der Waals surface area contributed by atoms with Crippen LogP contribution in [0.1, 0.15) is 16.6 Å². The summed E-state index contributed by atoms with van der Waals surface area (Å²) < 4.78 is 1.03. The van der Waals surface area contributed by atoms with Gasteiger partial charge in [0.05, 0.1) is 15.2 Å². The van der Waals surface area contributed by atoms with Crippen molar-refractivity contribution in [3.63, 3.8) is 0 Å². The van der Waals surface area contributed by atoms with E-state index < -0.39 is 0 Å². The van der Waals surface area contributed by atoms with Gasteiger partial charge in [0.25, 0.3) is 0 Å². The summed E-state index contributed by atoms with van der Waals surface area (Å²) in [5.41, 5.74) is 0. The van der Waals surface area contributed by atoms with Gasteiger partial charge in [-0.2, -0.15) is 11.8 Å². The molecule has 16 heavy (non-hydrogen) atoms. The molecule has 1 atom stereocenters. The molecular formula is C11H14BrNOS2. The number of thioether (sulfide) groups is 1. The van der Waals surface area contributed by atoms with E-state index in [-0.39, 0.29) is 5.78 Å². The molecule has 1 saturated heterocycles. The Labute approximate surface area is 113 Å². The fourth-order valence-electron chi connectivity index (χ4n) is 1.72. The van der Waals surface area contributed by atoms with E-state index in [1.54, 1.807) is 0 Å². The topological polar surface area (TPSA) is 20.3 Å². The third-order valence-electron chi connectivity index (χ3n) is 2.70. The average molecular weight is 320 g/mol. The van der Waals surface area contributed by atoms with Crippen molar-refractivity contribution in [3.05, 3.63) is 20.8 Å². The summed E-state index contributed by atoms with van der Waals surface area (Å²) >= 11 is 6.88. The number of ketones is 1. The van der Waals surface area contributed by atoms with Gasteiger partial charge < -0.3 is 0 Å². The molecule has 0 aromatic carbocycles. The first-order chi connectivity index (χ1) is 7.66. The number of halogens is 1. The fourth-order valence-corrected chi connectivity index (χ4v) is 4.12. The van der Waals surface area contributed by atoms with Gasteiger partial charge in [-0.05, 0) is 35.0 Å². The van der Waals surface area contributed by atoms with Crippen LogP contribution in [-0.4, -0.2) is 41.3 Å². The van der Waals surface area contributed by atoms with Gasteiger partial charge in [0.1, 0.15) is 0 Å². The minimum absolute atomic E-state index is 0.245. The van der Waals surface area contributed by atoms with E-state index in [2.05, 4.69) is 27.8 Å². The maximum atomic E-state index is 12.0. The quantitative estimate of drug-likeness (QED) is 0.798. The lowest BCUT2D eigenvalue weighted by molar-refractivity contribution is 0.0915. The number of Topliss-reactive ketones (excluding diaryl/α,β-unsaturated/α-hetero) is 1. The summed E-state index contributed by atoms with van der Waals surface area (Å²) in [6, 6.07) is 4.36. The van der Waals surface area contributed by atoms with E-state index in [0.29, 0.717) is 12.6 Å². The minimum atomic E-state index is 0.245. The Kier molecular flexibility index (Phi) is 4.47. The Morgan fingerprint density at radius 2 is 2.44 bits per heavy atom. The molecule has 1 unspecified atom stereocenters. The monoisotopic (exact) mass is 319 g/mol. The van der Waals surface area contributed by atoms with Gasteiger partial charge >= 0.3 is 0 Å². The molecule has 0 aliphatic carbocycles. The van der Waals surface area contributed by atoms with E-state index in [4.69, 9.17) is 0 Å². The highest BCUT2D eigenvalue weighted by Gasteiger charge is 2.21. The van der Waals surface area contributed by atoms with Gasteiger partial charge in [-0.1, -0.05) is 0 Å². The van der Waals surface area contributed by atoms with Gasteiger partial charge in [-0.3, -0.25) is 9.69 Å². The molecule has 1 aromatic rings. The maximum absolute atomic E-state index is 12.0. The van der Waals surface area contributed by atoms with Crippen molar-refractivity contribution >= 4 is 44.8 Å². The Hall–Kier alpha value is 0.160.